The summed E-state index contributed by atoms with van der Waals surface area (Å²) in [6, 6.07) is 0. The molecule has 15 atom stereocenters. The second-order valence-corrected chi connectivity index (χ2v) is 16.1. The van der Waals surface area contributed by atoms with E-state index in [0.29, 0.717) is 11.3 Å². The van der Waals surface area contributed by atoms with Crippen LogP contribution in [0.4, 0.5) is 4.79 Å². The van der Waals surface area contributed by atoms with Crippen molar-refractivity contribution in [1.29, 1.82) is 0 Å². The fourth-order valence-corrected chi connectivity index (χ4v) is 14.6. The van der Waals surface area contributed by atoms with Crippen molar-refractivity contribution in [3.05, 3.63) is 12.2 Å². The van der Waals surface area contributed by atoms with Crippen LogP contribution in [0.1, 0.15) is 85.0 Å². The zero-order valence-electron chi connectivity index (χ0n) is 22.6. The van der Waals surface area contributed by atoms with E-state index in [1.807, 2.05) is 20.8 Å². The molecule has 0 spiro atoms. The van der Waals surface area contributed by atoms with E-state index in [-0.39, 0.29) is 6.10 Å². The van der Waals surface area contributed by atoms with E-state index in [4.69, 9.17) is 9.47 Å². The summed E-state index contributed by atoms with van der Waals surface area (Å²) in [5, 5.41) is 0. The Bertz CT molecular complexity index is 1000. The molecule has 8 saturated carbocycles. The maximum atomic E-state index is 12.6. The predicted molar refractivity (Wildman–Crippen MR) is 138 cm³/mol. The van der Waals surface area contributed by atoms with Crippen molar-refractivity contribution in [2.45, 2.75) is 96.7 Å². The maximum absolute atomic E-state index is 12.6. The van der Waals surface area contributed by atoms with Gasteiger partial charge in [0.25, 0.3) is 0 Å². The lowest BCUT2D eigenvalue weighted by atomic mass is 9.43. The number of ether oxygens (including phenoxy) is 2. The molecule has 0 aliphatic heterocycles. The molecule has 9 aliphatic rings. The molecule has 0 N–H and O–H groups in total. The van der Waals surface area contributed by atoms with Gasteiger partial charge in [0.15, 0.2) is 0 Å². The smallest absolute Gasteiger partial charge is 0.431 e. The standard InChI is InChI=1S/C33H46O3/c1-32(2,3)36-31(34)35-25-13-18-12-20(25)29-22-15-24(28(18)29)33(19-7-5-4-6-8-19)23-14-21(30(22)33)26-16-9-10-17(11-16)27(23)26/h9-10,16-30H,4-8,11-15H2,1-3H3. The first kappa shape index (κ1) is 21.9. The highest BCUT2D eigenvalue weighted by Gasteiger charge is 2.82. The first-order chi connectivity index (χ1) is 17.4. The molecule has 3 heteroatoms. The van der Waals surface area contributed by atoms with E-state index >= 15 is 0 Å². The molecule has 8 bridgehead atoms. The van der Waals surface area contributed by atoms with E-state index in [0.717, 1.165) is 83.4 Å². The Hall–Kier alpha value is -0.990. The first-order valence-electron chi connectivity index (χ1n) is 15.9. The van der Waals surface area contributed by atoms with E-state index in [1.165, 1.54) is 38.5 Å². The predicted octanol–water partition coefficient (Wildman–Crippen LogP) is 7.50. The number of hydrogen-bond donors (Lipinski definition) is 0. The number of carbonyl (C=O) groups is 1. The van der Waals surface area contributed by atoms with Gasteiger partial charge in [-0.3, -0.25) is 0 Å². The summed E-state index contributed by atoms with van der Waals surface area (Å²) in [7, 11) is 0. The first-order valence-corrected chi connectivity index (χ1v) is 15.9. The highest BCUT2D eigenvalue weighted by atomic mass is 16.7. The Balaban J connectivity index is 1.07. The molecule has 15 unspecified atom stereocenters. The number of fused-ring (bicyclic) bond motifs is 23. The fraction of sp³-hybridized carbons (Fsp3) is 0.909. The largest absolute Gasteiger partial charge is 0.509 e. The normalized spacial score (nSPS) is 59.0. The molecular formula is C33H46O3. The number of hydrogen-bond acceptors (Lipinski definition) is 3. The van der Waals surface area contributed by atoms with Crippen LogP contribution in [0, 0.1) is 88.3 Å². The molecule has 9 aliphatic carbocycles. The van der Waals surface area contributed by atoms with Crippen LogP contribution in [0.5, 0.6) is 0 Å². The minimum atomic E-state index is -0.474. The summed E-state index contributed by atoms with van der Waals surface area (Å²) in [4.78, 5) is 12.6. The van der Waals surface area contributed by atoms with Gasteiger partial charge in [-0.1, -0.05) is 31.4 Å². The molecule has 3 nitrogen and oxygen atoms in total. The number of allylic oxidation sites excluding steroid dienone is 2. The SMILES string of the molecule is CC(C)(C)OC(=O)OC1CC2CC1C1C3CC(C21)C1(C2CCCCC2)C2CC(C4C5C=CC(C5)C42)C31. The van der Waals surface area contributed by atoms with Gasteiger partial charge < -0.3 is 9.47 Å². The molecule has 0 aromatic carbocycles. The van der Waals surface area contributed by atoms with Crippen LogP contribution in [-0.2, 0) is 9.47 Å². The number of carbonyl (C=O) groups excluding carboxylic acids is 1. The van der Waals surface area contributed by atoms with Gasteiger partial charge in [-0.25, -0.2) is 4.79 Å². The molecule has 36 heavy (non-hydrogen) atoms. The van der Waals surface area contributed by atoms with Crippen molar-refractivity contribution < 1.29 is 14.3 Å². The van der Waals surface area contributed by atoms with Crippen molar-refractivity contribution in [2.75, 3.05) is 0 Å². The van der Waals surface area contributed by atoms with E-state index < -0.39 is 11.8 Å². The quantitative estimate of drug-likeness (QED) is 0.228. The Labute approximate surface area is 217 Å². The molecule has 0 radical (unpaired) electrons. The molecule has 0 aromatic rings. The van der Waals surface area contributed by atoms with Gasteiger partial charge in [-0.05, 0) is 154 Å². The monoisotopic (exact) mass is 490 g/mol. The molecule has 196 valence electrons. The van der Waals surface area contributed by atoms with Crippen LogP contribution in [0.15, 0.2) is 12.2 Å². The highest BCUT2D eigenvalue weighted by molar-refractivity contribution is 5.61. The van der Waals surface area contributed by atoms with Gasteiger partial charge in [0, 0.05) is 0 Å². The minimum absolute atomic E-state index is 0.117. The summed E-state index contributed by atoms with van der Waals surface area (Å²) in [6.45, 7) is 5.83. The Morgan fingerprint density at radius 2 is 1.47 bits per heavy atom. The third-order valence-electron chi connectivity index (χ3n) is 14.4. The molecule has 0 saturated heterocycles. The summed E-state index contributed by atoms with van der Waals surface area (Å²) in [6.07, 6.45) is 19.7. The molecule has 9 rings (SSSR count). The highest BCUT2D eigenvalue weighted by Crippen LogP contribution is 2.87. The average Bonchev–Trinajstić information content (AvgIpc) is 3.65. The van der Waals surface area contributed by atoms with Gasteiger partial charge in [-0.15, -0.1) is 0 Å². The van der Waals surface area contributed by atoms with Crippen LogP contribution in [0.2, 0.25) is 0 Å². The molecule has 0 amide bonds. The van der Waals surface area contributed by atoms with Gasteiger partial charge in [0.1, 0.15) is 11.7 Å². The Morgan fingerprint density at radius 1 is 0.778 bits per heavy atom. The Morgan fingerprint density at radius 3 is 2.22 bits per heavy atom. The lowest BCUT2D eigenvalue weighted by Gasteiger charge is -2.61. The second-order valence-electron chi connectivity index (χ2n) is 16.1. The second kappa shape index (κ2) is 6.95. The van der Waals surface area contributed by atoms with Crippen LogP contribution in [0.25, 0.3) is 0 Å². The molecule has 0 aromatic heterocycles. The summed E-state index contributed by atoms with van der Waals surface area (Å²) >= 11 is 0. The molecule has 0 heterocycles. The lowest BCUT2D eigenvalue weighted by Crippen LogP contribution is -2.57. The van der Waals surface area contributed by atoms with Crippen LogP contribution >= 0.6 is 0 Å². The third kappa shape index (κ3) is 2.47. The minimum Gasteiger partial charge on any atom is -0.431 e. The fourth-order valence-electron chi connectivity index (χ4n) is 14.6. The van der Waals surface area contributed by atoms with Crippen LogP contribution in [-0.4, -0.2) is 17.9 Å². The molecule has 8 fully saturated rings. The summed E-state index contributed by atoms with van der Waals surface area (Å²) in [5.41, 5.74) is 0.223. The van der Waals surface area contributed by atoms with Crippen molar-refractivity contribution in [3.63, 3.8) is 0 Å². The van der Waals surface area contributed by atoms with E-state index in [9.17, 15) is 4.79 Å². The van der Waals surface area contributed by atoms with Crippen molar-refractivity contribution in [3.8, 4) is 0 Å². The van der Waals surface area contributed by atoms with Crippen molar-refractivity contribution in [1.82, 2.24) is 0 Å². The van der Waals surface area contributed by atoms with Gasteiger partial charge >= 0.3 is 6.16 Å². The number of rotatable bonds is 2. The van der Waals surface area contributed by atoms with Crippen molar-refractivity contribution >= 4 is 6.16 Å². The van der Waals surface area contributed by atoms with Gasteiger partial charge in [0.05, 0.1) is 0 Å². The Kier molecular flexibility index (Phi) is 4.23. The zero-order valence-corrected chi connectivity index (χ0v) is 22.6. The average molecular weight is 491 g/mol. The summed E-state index contributed by atoms with van der Waals surface area (Å²) < 4.78 is 11.7. The van der Waals surface area contributed by atoms with Crippen molar-refractivity contribution in [2.24, 2.45) is 88.3 Å². The molecular weight excluding hydrogens is 444 g/mol. The van der Waals surface area contributed by atoms with Crippen LogP contribution < -0.4 is 0 Å². The third-order valence-corrected chi connectivity index (χ3v) is 14.4. The van der Waals surface area contributed by atoms with E-state index in [2.05, 4.69) is 12.2 Å². The van der Waals surface area contributed by atoms with Crippen LogP contribution in [0.3, 0.4) is 0 Å². The lowest BCUT2D eigenvalue weighted by molar-refractivity contribution is -0.146. The maximum Gasteiger partial charge on any atom is 0.509 e. The zero-order chi connectivity index (χ0) is 24.1. The topological polar surface area (TPSA) is 35.5 Å². The van der Waals surface area contributed by atoms with Gasteiger partial charge in [0.2, 0.25) is 0 Å². The van der Waals surface area contributed by atoms with Gasteiger partial charge in [-0.2, -0.15) is 0 Å². The summed E-state index contributed by atoms with van der Waals surface area (Å²) in [5.74, 6) is 13.1. The van der Waals surface area contributed by atoms with E-state index in [1.54, 1.807) is 19.3 Å².